The Morgan fingerprint density at radius 1 is 1.06 bits per heavy atom. The first-order valence-electron chi connectivity index (χ1n) is 11.7. The number of nitriles is 1. The summed E-state index contributed by atoms with van der Waals surface area (Å²) in [4.78, 5) is 12.6. The lowest BCUT2D eigenvalue weighted by molar-refractivity contribution is -0.112. The van der Waals surface area contributed by atoms with Gasteiger partial charge in [-0.05, 0) is 61.4 Å². The molecule has 0 saturated heterocycles. The van der Waals surface area contributed by atoms with Gasteiger partial charge in [0, 0.05) is 5.69 Å². The summed E-state index contributed by atoms with van der Waals surface area (Å²) in [5, 5.41) is 12.6. The highest BCUT2D eigenvalue weighted by Gasteiger charge is 2.15. The number of nitrogens with one attached hydrogen (secondary N) is 1. The molecule has 0 unspecified atom stereocenters. The normalized spacial score (nSPS) is 11.0. The molecule has 0 spiro atoms. The van der Waals surface area contributed by atoms with E-state index in [-0.39, 0.29) is 5.57 Å². The number of rotatable bonds is 14. The highest BCUT2D eigenvalue weighted by atomic mass is 35.5. The van der Waals surface area contributed by atoms with Gasteiger partial charge in [0.1, 0.15) is 17.4 Å². The summed E-state index contributed by atoms with van der Waals surface area (Å²) in [6, 6.07) is 12.2. The smallest absolute Gasteiger partial charge is 0.266 e. The van der Waals surface area contributed by atoms with E-state index < -0.39 is 5.91 Å². The second kappa shape index (κ2) is 14.9. The number of anilines is 1. The second-order valence-corrected chi connectivity index (χ2v) is 8.14. The van der Waals surface area contributed by atoms with Crippen LogP contribution in [0.4, 0.5) is 5.69 Å². The minimum Gasteiger partial charge on any atom is -0.497 e. The topological polar surface area (TPSA) is 80.6 Å². The van der Waals surface area contributed by atoms with Crippen LogP contribution in [0.1, 0.15) is 57.9 Å². The van der Waals surface area contributed by atoms with Gasteiger partial charge >= 0.3 is 0 Å². The number of halogens is 1. The van der Waals surface area contributed by atoms with Crippen molar-refractivity contribution in [1.29, 1.82) is 5.26 Å². The van der Waals surface area contributed by atoms with E-state index in [9.17, 15) is 10.1 Å². The summed E-state index contributed by atoms with van der Waals surface area (Å²) in [5.41, 5.74) is 1.07. The van der Waals surface area contributed by atoms with Gasteiger partial charge in [0.2, 0.25) is 0 Å². The van der Waals surface area contributed by atoms with Crippen LogP contribution in [-0.4, -0.2) is 26.2 Å². The number of methoxy groups -OCH3 is 1. The van der Waals surface area contributed by atoms with Crippen LogP contribution in [0.3, 0.4) is 0 Å². The molecule has 1 N–H and O–H groups in total. The highest BCUT2D eigenvalue weighted by molar-refractivity contribution is 6.32. The van der Waals surface area contributed by atoms with E-state index in [0.717, 1.165) is 12.8 Å². The Morgan fingerprint density at radius 2 is 1.76 bits per heavy atom. The van der Waals surface area contributed by atoms with E-state index >= 15 is 0 Å². The molecule has 0 aliphatic rings. The molecule has 0 saturated carbocycles. The van der Waals surface area contributed by atoms with Crippen molar-refractivity contribution in [2.45, 2.75) is 52.4 Å². The third kappa shape index (κ3) is 8.64. The number of nitrogens with zero attached hydrogens (tertiary/aromatic N) is 1. The third-order valence-electron chi connectivity index (χ3n) is 5.10. The lowest BCUT2D eigenvalue weighted by Gasteiger charge is -2.14. The molecule has 0 fully saturated rings. The molecule has 182 valence electrons. The zero-order chi connectivity index (χ0) is 24.8. The minimum absolute atomic E-state index is 0.0601. The molecule has 0 heterocycles. The van der Waals surface area contributed by atoms with E-state index in [4.69, 9.17) is 25.8 Å². The number of ether oxygens (including phenoxy) is 3. The zero-order valence-corrected chi connectivity index (χ0v) is 20.9. The predicted octanol–water partition coefficient (Wildman–Crippen LogP) is 7.03. The summed E-state index contributed by atoms with van der Waals surface area (Å²) in [6.45, 7) is 5.05. The van der Waals surface area contributed by atoms with Crippen molar-refractivity contribution in [3.8, 4) is 23.3 Å². The van der Waals surface area contributed by atoms with Crippen LogP contribution in [0.15, 0.2) is 42.0 Å². The SMILES string of the molecule is CCCCCCCCOc1c(Cl)cc(/C=C(/C#N)C(=O)Nc2ccc(OC)cc2)cc1OCC. The fourth-order valence-corrected chi connectivity index (χ4v) is 3.59. The molecular formula is C27H33ClN2O4. The van der Waals surface area contributed by atoms with Crippen molar-refractivity contribution in [2.24, 2.45) is 0 Å². The number of carbonyl (C=O) groups is 1. The monoisotopic (exact) mass is 484 g/mol. The van der Waals surface area contributed by atoms with Gasteiger partial charge in [-0.25, -0.2) is 0 Å². The van der Waals surface area contributed by atoms with Gasteiger partial charge in [-0.3, -0.25) is 4.79 Å². The van der Waals surface area contributed by atoms with Gasteiger partial charge in [-0.15, -0.1) is 0 Å². The first-order chi connectivity index (χ1) is 16.5. The molecule has 0 aliphatic heterocycles. The lowest BCUT2D eigenvalue weighted by atomic mass is 10.1. The molecular weight excluding hydrogens is 452 g/mol. The average Bonchev–Trinajstić information content (AvgIpc) is 2.83. The van der Waals surface area contributed by atoms with Crippen molar-refractivity contribution in [2.75, 3.05) is 25.6 Å². The molecule has 2 aromatic carbocycles. The quantitative estimate of drug-likeness (QED) is 0.177. The summed E-state index contributed by atoms with van der Waals surface area (Å²) >= 11 is 6.49. The molecule has 6 nitrogen and oxygen atoms in total. The van der Waals surface area contributed by atoms with Crippen molar-refractivity contribution >= 4 is 29.3 Å². The fraction of sp³-hybridized carbons (Fsp3) is 0.407. The van der Waals surface area contributed by atoms with Crippen molar-refractivity contribution in [3.05, 3.63) is 52.6 Å². The van der Waals surface area contributed by atoms with Gasteiger partial charge in [0.25, 0.3) is 5.91 Å². The Kier molecular flexibility index (Phi) is 11.8. The van der Waals surface area contributed by atoms with E-state index in [1.165, 1.54) is 31.8 Å². The molecule has 0 aliphatic carbocycles. The number of benzene rings is 2. The number of carbonyl (C=O) groups excluding carboxylic acids is 1. The van der Waals surface area contributed by atoms with E-state index in [1.54, 1.807) is 43.5 Å². The number of hydrogen-bond donors (Lipinski definition) is 1. The van der Waals surface area contributed by atoms with Crippen LogP contribution in [-0.2, 0) is 4.79 Å². The average molecular weight is 485 g/mol. The van der Waals surface area contributed by atoms with E-state index in [0.29, 0.717) is 46.7 Å². The Hall–Kier alpha value is -3.17. The molecule has 7 heteroatoms. The largest absolute Gasteiger partial charge is 0.497 e. The molecule has 2 aromatic rings. The maximum Gasteiger partial charge on any atom is 0.266 e. The van der Waals surface area contributed by atoms with Crippen molar-refractivity contribution in [1.82, 2.24) is 0 Å². The van der Waals surface area contributed by atoms with Crippen LogP contribution < -0.4 is 19.5 Å². The summed E-state index contributed by atoms with van der Waals surface area (Å²) in [7, 11) is 1.57. The standard InChI is InChI=1S/C27H33ClN2O4/c1-4-6-7-8-9-10-15-34-26-24(28)17-20(18-25(26)33-5-2)16-21(19-29)27(31)30-22-11-13-23(32-3)14-12-22/h11-14,16-18H,4-10,15H2,1-3H3,(H,30,31)/b21-16-. The third-order valence-corrected chi connectivity index (χ3v) is 5.38. The highest BCUT2D eigenvalue weighted by Crippen LogP contribution is 2.37. The number of unbranched alkanes of at least 4 members (excludes halogenated alkanes) is 5. The molecule has 0 atom stereocenters. The zero-order valence-electron chi connectivity index (χ0n) is 20.2. The Bertz CT molecular complexity index is 997. The van der Waals surface area contributed by atoms with Gasteiger partial charge in [-0.2, -0.15) is 5.26 Å². The fourth-order valence-electron chi connectivity index (χ4n) is 3.32. The molecule has 1 amide bonds. The molecule has 34 heavy (non-hydrogen) atoms. The van der Waals surface area contributed by atoms with Crippen LogP contribution in [0.5, 0.6) is 17.2 Å². The number of hydrogen-bond acceptors (Lipinski definition) is 5. The maximum atomic E-state index is 12.6. The minimum atomic E-state index is -0.523. The summed E-state index contributed by atoms with van der Waals surface area (Å²) in [6.07, 6.45) is 8.46. The van der Waals surface area contributed by atoms with E-state index in [2.05, 4.69) is 12.2 Å². The van der Waals surface area contributed by atoms with Gasteiger partial charge < -0.3 is 19.5 Å². The van der Waals surface area contributed by atoms with Crippen molar-refractivity contribution < 1.29 is 19.0 Å². The summed E-state index contributed by atoms with van der Waals surface area (Å²) in [5.74, 6) is 1.12. The van der Waals surface area contributed by atoms with Gasteiger partial charge in [0.05, 0.1) is 25.3 Å². The second-order valence-electron chi connectivity index (χ2n) is 7.73. The predicted molar refractivity (Wildman–Crippen MR) is 137 cm³/mol. The van der Waals surface area contributed by atoms with Crippen LogP contribution in [0, 0.1) is 11.3 Å². The lowest BCUT2D eigenvalue weighted by Crippen LogP contribution is -2.13. The van der Waals surface area contributed by atoms with Crippen LogP contribution >= 0.6 is 11.6 Å². The van der Waals surface area contributed by atoms with Crippen LogP contribution in [0.2, 0.25) is 5.02 Å². The van der Waals surface area contributed by atoms with Gasteiger partial charge in [0.15, 0.2) is 11.5 Å². The van der Waals surface area contributed by atoms with Gasteiger partial charge in [-0.1, -0.05) is 50.6 Å². The van der Waals surface area contributed by atoms with Crippen molar-refractivity contribution in [3.63, 3.8) is 0 Å². The molecule has 0 bridgehead atoms. The first-order valence-corrected chi connectivity index (χ1v) is 12.1. The first kappa shape index (κ1) is 27.1. The molecule has 0 radical (unpaired) electrons. The molecule has 0 aromatic heterocycles. The molecule has 2 rings (SSSR count). The van der Waals surface area contributed by atoms with E-state index in [1.807, 2.05) is 13.0 Å². The summed E-state index contributed by atoms with van der Waals surface area (Å²) < 4.78 is 16.8. The Balaban J connectivity index is 2.11. The Labute approximate surface area is 207 Å². The maximum absolute atomic E-state index is 12.6. The number of amides is 1. The Morgan fingerprint density at radius 3 is 2.41 bits per heavy atom. The van der Waals surface area contributed by atoms with Crippen LogP contribution in [0.25, 0.3) is 6.08 Å².